The van der Waals surface area contributed by atoms with E-state index in [9.17, 15) is 9.90 Å². The topological polar surface area (TPSA) is 87.4 Å². The molecule has 0 bridgehead atoms. The van der Waals surface area contributed by atoms with E-state index in [4.69, 9.17) is 5.73 Å². The molecule has 0 heterocycles. The molecule has 0 saturated carbocycles. The summed E-state index contributed by atoms with van der Waals surface area (Å²) >= 11 is 0. The Bertz CT molecular complexity index is 447. The van der Waals surface area contributed by atoms with Crippen molar-refractivity contribution in [1.82, 2.24) is 5.32 Å². The van der Waals surface area contributed by atoms with Gasteiger partial charge >= 0.3 is 0 Å². The molecule has 1 amide bonds. The number of carbonyl (C=O) groups excluding carboxylic acids is 1. The molecular weight excluding hydrogens is 254 g/mol. The average Bonchev–Trinajstić information content (AvgIpc) is 2.36. The highest BCUT2D eigenvalue weighted by molar-refractivity contribution is 5.96. The van der Waals surface area contributed by atoms with Crippen molar-refractivity contribution in [2.45, 2.75) is 33.3 Å². The van der Waals surface area contributed by atoms with Crippen molar-refractivity contribution in [3.05, 3.63) is 23.8 Å². The smallest absolute Gasteiger partial charge is 0.251 e. The second-order valence-electron chi connectivity index (χ2n) is 5.33. The number of hydrogen-bond donors (Lipinski definition) is 4. The van der Waals surface area contributed by atoms with Gasteiger partial charge in [-0.15, -0.1) is 0 Å². The molecule has 0 aliphatic heterocycles. The first-order chi connectivity index (χ1) is 9.43. The van der Waals surface area contributed by atoms with E-state index in [-0.39, 0.29) is 5.91 Å². The Kier molecular flexibility index (Phi) is 6.31. The van der Waals surface area contributed by atoms with Crippen LogP contribution >= 0.6 is 0 Å². The Morgan fingerprint density at radius 1 is 1.40 bits per heavy atom. The molecule has 1 aromatic carbocycles. The Morgan fingerprint density at radius 2 is 2.10 bits per heavy atom. The van der Waals surface area contributed by atoms with Crippen molar-refractivity contribution in [3.63, 3.8) is 0 Å². The van der Waals surface area contributed by atoms with Crippen molar-refractivity contribution in [3.8, 4) is 0 Å². The molecule has 0 fully saturated rings. The molecule has 5 nitrogen and oxygen atoms in total. The number of carbonyl (C=O) groups is 1. The largest absolute Gasteiger partial charge is 0.397 e. The molecule has 1 aromatic rings. The molecule has 1 unspecified atom stereocenters. The van der Waals surface area contributed by atoms with Gasteiger partial charge in [-0.3, -0.25) is 4.79 Å². The Morgan fingerprint density at radius 3 is 2.65 bits per heavy atom. The number of aliphatic hydroxyl groups excluding tert-OH is 1. The van der Waals surface area contributed by atoms with E-state index in [0.29, 0.717) is 30.3 Å². The highest BCUT2D eigenvalue weighted by Gasteiger charge is 2.10. The maximum Gasteiger partial charge on any atom is 0.251 e. The zero-order valence-corrected chi connectivity index (χ0v) is 12.4. The number of nitrogen functional groups attached to an aromatic ring is 1. The number of benzene rings is 1. The fourth-order valence-corrected chi connectivity index (χ4v) is 1.98. The Balaban J connectivity index is 2.62. The van der Waals surface area contributed by atoms with Crippen LogP contribution in [0, 0.1) is 5.92 Å². The molecule has 0 aliphatic carbocycles. The summed E-state index contributed by atoms with van der Waals surface area (Å²) < 4.78 is 0. The highest BCUT2D eigenvalue weighted by Crippen LogP contribution is 2.20. The first-order valence-corrected chi connectivity index (χ1v) is 7.03. The van der Waals surface area contributed by atoms with Crippen LogP contribution < -0.4 is 16.4 Å². The van der Waals surface area contributed by atoms with E-state index in [1.54, 1.807) is 18.2 Å². The number of hydrogen-bond acceptors (Lipinski definition) is 4. The van der Waals surface area contributed by atoms with Gasteiger partial charge in [-0.25, -0.2) is 0 Å². The summed E-state index contributed by atoms with van der Waals surface area (Å²) in [5.41, 5.74) is 7.70. The molecule has 5 N–H and O–H groups in total. The average molecular weight is 279 g/mol. The van der Waals surface area contributed by atoms with Gasteiger partial charge in [-0.1, -0.05) is 13.8 Å². The van der Waals surface area contributed by atoms with Gasteiger partial charge in [0.25, 0.3) is 5.91 Å². The van der Waals surface area contributed by atoms with Crippen LogP contribution in [0.4, 0.5) is 11.4 Å². The zero-order chi connectivity index (χ0) is 15.1. The van der Waals surface area contributed by atoms with Crippen molar-refractivity contribution >= 4 is 17.3 Å². The number of rotatable bonds is 7. The maximum absolute atomic E-state index is 11.7. The van der Waals surface area contributed by atoms with Crippen LogP contribution in [-0.4, -0.2) is 30.2 Å². The highest BCUT2D eigenvalue weighted by atomic mass is 16.3. The van der Waals surface area contributed by atoms with Crippen molar-refractivity contribution in [2.24, 2.45) is 5.92 Å². The minimum absolute atomic E-state index is 0.134. The fraction of sp³-hybridized carbons (Fsp3) is 0.533. The number of aliphatic hydroxyl groups is 1. The predicted octanol–water partition coefficient (Wildman–Crippen LogP) is 1.84. The van der Waals surface area contributed by atoms with Crippen LogP contribution in [-0.2, 0) is 0 Å². The minimum Gasteiger partial charge on any atom is -0.397 e. The predicted molar refractivity (Wildman–Crippen MR) is 82.8 cm³/mol. The summed E-state index contributed by atoms with van der Waals surface area (Å²) in [6, 6.07) is 5.13. The standard InChI is InChI=1S/C15H25N3O2/c1-4-17-15(20)11-5-6-14(13(16)8-11)18-9-12(19)7-10(2)3/h5-6,8,10,12,18-19H,4,7,9,16H2,1-3H3,(H,17,20). The van der Waals surface area contributed by atoms with Crippen LogP contribution in [0.15, 0.2) is 18.2 Å². The van der Waals surface area contributed by atoms with Crippen molar-refractivity contribution in [1.29, 1.82) is 0 Å². The molecular formula is C15H25N3O2. The molecule has 5 heteroatoms. The molecule has 0 radical (unpaired) electrons. The van der Waals surface area contributed by atoms with Gasteiger partial charge in [0.1, 0.15) is 0 Å². The van der Waals surface area contributed by atoms with Gasteiger partial charge in [0.2, 0.25) is 0 Å². The fourth-order valence-electron chi connectivity index (χ4n) is 1.98. The summed E-state index contributed by atoms with van der Waals surface area (Å²) in [6.45, 7) is 7.04. The molecule has 0 aliphatic rings. The van der Waals surface area contributed by atoms with E-state index in [2.05, 4.69) is 24.5 Å². The summed E-state index contributed by atoms with van der Waals surface area (Å²) in [7, 11) is 0. The van der Waals surface area contributed by atoms with Crippen LogP contribution in [0.3, 0.4) is 0 Å². The third kappa shape index (κ3) is 5.09. The van der Waals surface area contributed by atoms with Gasteiger partial charge in [-0.2, -0.15) is 0 Å². The van der Waals surface area contributed by atoms with E-state index in [1.807, 2.05) is 6.92 Å². The molecule has 0 aromatic heterocycles. The van der Waals surface area contributed by atoms with Crippen LogP contribution in [0.5, 0.6) is 0 Å². The number of nitrogens with two attached hydrogens (primary N) is 1. The normalized spacial score (nSPS) is 12.2. The second kappa shape index (κ2) is 7.75. The molecule has 112 valence electrons. The maximum atomic E-state index is 11.7. The summed E-state index contributed by atoms with van der Waals surface area (Å²) in [5, 5.41) is 15.7. The van der Waals surface area contributed by atoms with Crippen LogP contribution in [0.1, 0.15) is 37.6 Å². The lowest BCUT2D eigenvalue weighted by atomic mass is 10.1. The third-order valence-corrected chi connectivity index (χ3v) is 2.92. The zero-order valence-electron chi connectivity index (χ0n) is 12.4. The van der Waals surface area contributed by atoms with Gasteiger partial charge in [-0.05, 0) is 37.5 Å². The van der Waals surface area contributed by atoms with Crippen molar-refractivity contribution in [2.75, 3.05) is 24.1 Å². The summed E-state index contributed by atoms with van der Waals surface area (Å²) in [4.78, 5) is 11.7. The first-order valence-electron chi connectivity index (χ1n) is 7.03. The number of nitrogens with one attached hydrogen (secondary N) is 2. The Labute approximate surface area is 120 Å². The van der Waals surface area contributed by atoms with Crippen LogP contribution in [0.2, 0.25) is 0 Å². The summed E-state index contributed by atoms with van der Waals surface area (Å²) in [5.74, 6) is 0.315. The van der Waals surface area contributed by atoms with Gasteiger partial charge in [0.15, 0.2) is 0 Å². The number of anilines is 2. The molecule has 20 heavy (non-hydrogen) atoms. The quantitative estimate of drug-likeness (QED) is 0.574. The molecule has 0 spiro atoms. The Hall–Kier alpha value is -1.75. The molecule has 1 rings (SSSR count). The van der Waals surface area contributed by atoms with Gasteiger partial charge in [0, 0.05) is 18.7 Å². The monoisotopic (exact) mass is 279 g/mol. The van der Waals surface area contributed by atoms with E-state index in [0.717, 1.165) is 12.1 Å². The van der Waals surface area contributed by atoms with E-state index < -0.39 is 6.10 Å². The molecule has 1 atom stereocenters. The van der Waals surface area contributed by atoms with E-state index >= 15 is 0 Å². The van der Waals surface area contributed by atoms with Gasteiger partial charge in [0.05, 0.1) is 17.5 Å². The lowest BCUT2D eigenvalue weighted by Gasteiger charge is -2.16. The van der Waals surface area contributed by atoms with Crippen LogP contribution in [0.25, 0.3) is 0 Å². The van der Waals surface area contributed by atoms with E-state index in [1.165, 1.54) is 0 Å². The first kappa shape index (κ1) is 16.3. The second-order valence-corrected chi connectivity index (χ2v) is 5.33. The SMILES string of the molecule is CCNC(=O)c1ccc(NCC(O)CC(C)C)c(N)c1. The number of amides is 1. The molecule has 0 saturated heterocycles. The third-order valence-electron chi connectivity index (χ3n) is 2.92. The minimum atomic E-state index is -0.405. The summed E-state index contributed by atoms with van der Waals surface area (Å²) in [6.07, 6.45) is 0.335. The lowest BCUT2D eigenvalue weighted by molar-refractivity contribution is 0.0956. The lowest BCUT2D eigenvalue weighted by Crippen LogP contribution is -2.23. The van der Waals surface area contributed by atoms with Gasteiger partial charge < -0.3 is 21.5 Å². The van der Waals surface area contributed by atoms with Crippen molar-refractivity contribution < 1.29 is 9.90 Å².